The molecule has 0 aromatic rings. The number of nitrogens with one attached hydrogen (secondary N) is 1. The molecule has 1 saturated heterocycles. The number of hydrogen-bond acceptors (Lipinski definition) is 3. The standard InChI is InChI=1S/C16H30N2O2/c1-11-4-5-12(2)18(11)13(3)16(20)17-15-8-6-14(10-19)7-9-15/h11-15,19H,4-10H2,1-3H3,(H,17,20). The van der Waals surface area contributed by atoms with Crippen molar-refractivity contribution >= 4 is 5.91 Å². The Morgan fingerprint density at radius 2 is 1.70 bits per heavy atom. The molecule has 1 saturated carbocycles. The first kappa shape index (κ1) is 15.8. The molecular formula is C16H30N2O2. The average Bonchev–Trinajstić information content (AvgIpc) is 2.78. The van der Waals surface area contributed by atoms with Crippen LogP contribution < -0.4 is 5.32 Å². The number of rotatable bonds is 4. The van der Waals surface area contributed by atoms with Crippen LogP contribution in [0.3, 0.4) is 0 Å². The summed E-state index contributed by atoms with van der Waals surface area (Å²) in [5, 5.41) is 12.4. The molecule has 0 bridgehead atoms. The normalized spacial score (nSPS) is 36.8. The summed E-state index contributed by atoms with van der Waals surface area (Å²) >= 11 is 0. The second kappa shape index (κ2) is 6.90. The van der Waals surface area contributed by atoms with Crippen molar-refractivity contribution in [2.45, 2.75) is 83.5 Å². The van der Waals surface area contributed by atoms with Gasteiger partial charge in [-0.05, 0) is 65.2 Å². The summed E-state index contributed by atoms with van der Waals surface area (Å²) in [4.78, 5) is 14.8. The van der Waals surface area contributed by atoms with Gasteiger partial charge < -0.3 is 10.4 Å². The summed E-state index contributed by atoms with van der Waals surface area (Å²) in [5.74, 6) is 0.622. The summed E-state index contributed by atoms with van der Waals surface area (Å²) in [6.07, 6.45) is 6.48. The molecule has 116 valence electrons. The number of amides is 1. The maximum atomic E-state index is 12.4. The van der Waals surface area contributed by atoms with E-state index >= 15 is 0 Å². The van der Waals surface area contributed by atoms with Crippen LogP contribution in [0.2, 0.25) is 0 Å². The lowest BCUT2D eigenvalue weighted by atomic mass is 9.86. The number of nitrogens with zero attached hydrogens (tertiary/aromatic N) is 1. The predicted octanol–water partition coefficient (Wildman–Crippen LogP) is 1.91. The van der Waals surface area contributed by atoms with E-state index in [0.29, 0.717) is 30.7 Å². The van der Waals surface area contributed by atoms with Crippen LogP contribution >= 0.6 is 0 Å². The highest BCUT2D eigenvalue weighted by molar-refractivity contribution is 5.81. The van der Waals surface area contributed by atoms with Crippen LogP contribution in [0.25, 0.3) is 0 Å². The first-order chi connectivity index (χ1) is 9.52. The first-order valence-electron chi connectivity index (χ1n) is 8.21. The van der Waals surface area contributed by atoms with Crippen molar-refractivity contribution in [3.05, 3.63) is 0 Å². The molecule has 4 heteroatoms. The van der Waals surface area contributed by atoms with Gasteiger partial charge >= 0.3 is 0 Å². The summed E-state index contributed by atoms with van der Waals surface area (Å²) < 4.78 is 0. The molecule has 2 fully saturated rings. The second-order valence-electron chi connectivity index (χ2n) is 6.81. The number of aliphatic hydroxyl groups is 1. The van der Waals surface area contributed by atoms with E-state index in [4.69, 9.17) is 5.11 Å². The summed E-state index contributed by atoms with van der Waals surface area (Å²) in [6.45, 7) is 6.77. The van der Waals surface area contributed by atoms with Gasteiger partial charge in [0.15, 0.2) is 0 Å². The monoisotopic (exact) mass is 282 g/mol. The van der Waals surface area contributed by atoms with Crippen LogP contribution in [0, 0.1) is 5.92 Å². The molecule has 1 aliphatic carbocycles. The number of hydrogen-bond donors (Lipinski definition) is 2. The lowest BCUT2D eigenvalue weighted by Gasteiger charge is -2.34. The first-order valence-corrected chi connectivity index (χ1v) is 8.21. The van der Waals surface area contributed by atoms with E-state index in [9.17, 15) is 4.79 Å². The molecule has 1 heterocycles. The third kappa shape index (κ3) is 3.53. The molecule has 0 radical (unpaired) electrons. The molecule has 20 heavy (non-hydrogen) atoms. The molecule has 2 rings (SSSR count). The molecular weight excluding hydrogens is 252 g/mol. The van der Waals surface area contributed by atoms with E-state index in [-0.39, 0.29) is 11.9 Å². The number of carbonyl (C=O) groups excluding carboxylic acids is 1. The number of carbonyl (C=O) groups is 1. The van der Waals surface area contributed by atoms with E-state index in [1.54, 1.807) is 0 Å². The van der Waals surface area contributed by atoms with E-state index in [1.165, 1.54) is 12.8 Å². The molecule has 2 N–H and O–H groups in total. The van der Waals surface area contributed by atoms with Crippen LogP contribution in [0.1, 0.15) is 59.3 Å². The Hall–Kier alpha value is -0.610. The van der Waals surface area contributed by atoms with Gasteiger partial charge in [-0.15, -0.1) is 0 Å². The fourth-order valence-corrected chi connectivity index (χ4v) is 3.92. The third-order valence-electron chi connectivity index (χ3n) is 5.30. The lowest BCUT2D eigenvalue weighted by molar-refractivity contribution is -0.127. The van der Waals surface area contributed by atoms with Crippen LogP contribution in [0.5, 0.6) is 0 Å². The predicted molar refractivity (Wildman–Crippen MR) is 80.4 cm³/mol. The Balaban J connectivity index is 1.82. The smallest absolute Gasteiger partial charge is 0.237 e. The highest BCUT2D eigenvalue weighted by Crippen LogP contribution is 2.27. The Morgan fingerprint density at radius 1 is 1.15 bits per heavy atom. The largest absolute Gasteiger partial charge is 0.396 e. The lowest BCUT2D eigenvalue weighted by Crippen LogP contribution is -2.51. The zero-order chi connectivity index (χ0) is 14.7. The Kier molecular flexibility index (Phi) is 5.44. The second-order valence-corrected chi connectivity index (χ2v) is 6.81. The summed E-state index contributed by atoms with van der Waals surface area (Å²) in [5.41, 5.74) is 0. The zero-order valence-corrected chi connectivity index (χ0v) is 13.1. The fourth-order valence-electron chi connectivity index (χ4n) is 3.92. The van der Waals surface area contributed by atoms with Crippen molar-refractivity contribution in [1.82, 2.24) is 10.2 Å². The highest BCUT2D eigenvalue weighted by Gasteiger charge is 2.35. The Labute approximate surface area is 122 Å². The minimum atomic E-state index is -0.0296. The van der Waals surface area contributed by atoms with Gasteiger partial charge in [0.1, 0.15) is 0 Å². The Morgan fingerprint density at radius 3 is 2.20 bits per heavy atom. The van der Waals surface area contributed by atoms with Crippen molar-refractivity contribution in [3.8, 4) is 0 Å². The molecule has 3 atom stereocenters. The van der Waals surface area contributed by atoms with Crippen molar-refractivity contribution in [2.75, 3.05) is 6.61 Å². The van der Waals surface area contributed by atoms with Crippen LogP contribution in [-0.4, -0.2) is 46.7 Å². The van der Waals surface area contributed by atoms with Crippen LogP contribution in [0.4, 0.5) is 0 Å². The molecule has 2 aliphatic rings. The van der Waals surface area contributed by atoms with Gasteiger partial charge in [-0.2, -0.15) is 0 Å². The Bertz CT molecular complexity index is 316. The fraction of sp³-hybridized carbons (Fsp3) is 0.938. The maximum Gasteiger partial charge on any atom is 0.237 e. The van der Waals surface area contributed by atoms with Crippen molar-refractivity contribution < 1.29 is 9.90 Å². The van der Waals surface area contributed by atoms with E-state index in [0.717, 1.165) is 25.7 Å². The van der Waals surface area contributed by atoms with Gasteiger partial charge in [0.25, 0.3) is 0 Å². The van der Waals surface area contributed by atoms with Crippen molar-refractivity contribution in [2.24, 2.45) is 5.92 Å². The molecule has 0 aromatic carbocycles. The van der Waals surface area contributed by atoms with Crippen LogP contribution in [0.15, 0.2) is 0 Å². The highest BCUT2D eigenvalue weighted by atomic mass is 16.3. The minimum Gasteiger partial charge on any atom is -0.396 e. The van der Waals surface area contributed by atoms with Gasteiger partial charge in [-0.1, -0.05) is 0 Å². The summed E-state index contributed by atoms with van der Waals surface area (Å²) in [6, 6.07) is 1.30. The van der Waals surface area contributed by atoms with E-state index in [2.05, 4.69) is 24.1 Å². The number of likely N-dealkylation sites (tertiary alicyclic amines) is 1. The van der Waals surface area contributed by atoms with Gasteiger partial charge in [-0.25, -0.2) is 0 Å². The SMILES string of the molecule is CC1CCC(C)N1C(C)C(=O)NC1CCC(CO)CC1. The number of aliphatic hydroxyl groups excluding tert-OH is 1. The third-order valence-corrected chi connectivity index (χ3v) is 5.30. The van der Waals surface area contributed by atoms with Gasteiger partial charge in [-0.3, -0.25) is 9.69 Å². The topological polar surface area (TPSA) is 52.6 Å². The zero-order valence-electron chi connectivity index (χ0n) is 13.1. The summed E-state index contributed by atoms with van der Waals surface area (Å²) in [7, 11) is 0. The molecule has 4 nitrogen and oxygen atoms in total. The average molecular weight is 282 g/mol. The molecule has 1 amide bonds. The van der Waals surface area contributed by atoms with Gasteiger partial charge in [0, 0.05) is 24.7 Å². The molecule has 0 aromatic heterocycles. The van der Waals surface area contributed by atoms with Gasteiger partial charge in [0.05, 0.1) is 6.04 Å². The van der Waals surface area contributed by atoms with E-state index < -0.39 is 0 Å². The van der Waals surface area contributed by atoms with Crippen molar-refractivity contribution in [1.29, 1.82) is 0 Å². The molecule has 1 aliphatic heterocycles. The minimum absolute atomic E-state index is 0.0296. The van der Waals surface area contributed by atoms with Gasteiger partial charge in [0.2, 0.25) is 5.91 Å². The quantitative estimate of drug-likeness (QED) is 0.828. The molecule has 3 unspecified atom stereocenters. The molecule has 0 spiro atoms. The maximum absolute atomic E-state index is 12.4. The van der Waals surface area contributed by atoms with E-state index in [1.807, 2.05) is 6.92 Å². The van der Waals surface area contributed by atoms with Crippen LogP contribution in [-0.2, 0) is 4.79 Å². The van der Waals surface area contributed by atoms with Crippen molar-refractivity contribution in [3.63, 3.8) is 0 Å².